The average Bonchev–Trinajstić information content (AvgIpc) is 2.90. The van der Waals surface area contributed by atoms with Crippen LogP contribution in [-0.4, -0.2) is 19.6 Å². The van der Waals surface area contributed by atoms with Gasteiger partial charge < -0.3 is 4.98 Å². The first kappa shape index (κ1) is 13.9. The van der Waals surface area contributed by atoms with Gasteiger partial charge in [-0.15, -0.1) is 0 Å². The second kappa shape index (κ2) is 5.07. The van der Waals surface area contributed by atoms with Crippen LogP contribution in [0.25, 0.3) is 16.9 Å². The molecule has 1 N–H and O–H groups in total. The van der Waals surface area contributed by atoms with Crippen LogP contribution in [0, 0.1) is 17.1 Å². The molecule has 0 saturated heterocycles. The molecule has 0 aliphatic carbocycles. The van der Waals surface area contributed by atoms with Gasteiger partial charge in [-0.1, -0.05) is 13.8 Å². The molecule has 0 amide bonds. The molecule has 0 aliphatic rings. The second-order valence-electron chi connectivity index (χ2n) is 5.20. The number of nitriles is 1. The monoisotopic (exact) mass is 297 g/mol. The molecule has 3 heterocycles. The van der Waals surface area contributed by atoms with Gasteiger partial charge >= 0.3 is 0 Å². The summed E-state index contributed by atoms with van der Waals surface area (Å²) >= 11 is 0. The van der Waals surface area contributed by atoms with Crippen LogP contribution in [-0.2, 0) is 0 Å². The van der Waals surface area contributed by atoms with Gasteiger partial charge in [-0.3, -0.25) is 9.78 Å². The summed E-state index contributed by atoms with van der Waals surface area (Å²) in [7, 11) is 0. The molecule has 0 bridgehead atoms. The highest BCUT2D eigenvalue weighted by atomic mass is 19.1. The summed E-state index contributed by atoms with van der Waals surface area (Å²) in [5, 5.41) is 13.0. The second-order valence-corrected chi connectivity index (χ2v) is 5.20. The number of H-pyrrole nitrogens is 1. The number of aromatic nitrogens is 4. The van der Waals surface area contributed by atoms with Crippen molar-refractivity contribution in [3.8, 4) is 17.3 Å². The molecule has 0 unspecified atom stereocenters. The number of pyridine rings is 1. The highest BCUT2D eigenvalue weighted by Gasteiger charge is 2.19. The topological polar surface area (TPSA) is 86.8 Å². The summed E-state index contributed by atoms with van der Waals surface area (Å²) in [4.78, 5) is 19.5. The van der Waals surface area contributed by atoms with Crippen LogP contribution in [0.2, 0.25) is 0 Å². The molecule has 0 spiro atoms. The first-order valence-corrected chi connectivity index (χ1v) is 6.68. The quantitative estimate of drug-likeness (QED) is 0.785. The third-order valence-corrected chi connectivity index (χ3v) is 3.40. The minimum atomic E-state index is -0.498. The lowest BCUT2D eigenvalue weighted by molar-refractivity contribution is 0.622. The van der Waals surface area contributed by atoms with Gasteiger partial charge in [-0.05, 0) is 12.0 Å². The zero-order valence-corrected chi connectivity index (χ0v) is 12.0. The highest BCUT2D eigenvalue weighted by molar-refractivity contribution is 5.67. The van der Waals surface area contributed by atoms with Crippen LogP contribution in [0.3, 0.4) is 0 Å². The molecule has 7 heteroatoms. The Morgan fingerprint density at radius 1 is 1.36 bits per heavy atom. The van der Waals surface area contributed by atoms with Crippen molar-refractivity contribution < 1.29 is 4.39 Å². The maximum atomic E-state index is 13.5. The van der Waals surface area contributed by atoms with E-state index in [0.29, 0.717) is 16.8 Å². The van der Waals surface area contributed by atoms with E-state index in [4.69, 9.17) is 5.26 Å². The molecular formula is C15H12FN5O. The molecule has 3 aromatic heterocycles. The van der Waals surface area contributed by atoms with E-state index in [1.807, 2.05) is 19.9 Å². The number of nitrogens with zero attached hydrogens (tertiary/aromatic N) is 4. The summed E-state index contributed by atoms with van der Waals surface area (Å²) in [6.45, 7) is 3.72. The van der Waals surface area contributed by atoms with Crippen LogP contribution < -0.4 is 5.56 Å². The van der Waals surface area contributed by atoms with Crippen LogP contribution in [0.5, 0.6) is 0 Å². The predicted molar refractivity (Wildman–Crippen MR) is 77.8 cm³/mol. The Kier molecular flexibility index (Phi) is 3.22. The lowest BCUT2D eigenvalue weighted by Gasteiger charge is -2.12. The Bertz CT molecular complexity index is 964. The number of hydrogen-bond donors (Lipinski definition) is 1. The van der Waals surface area contributed by atoms with Crippen molar-refractivity contribution >= 4 is 5.65 Å². The van der Waals surface area contributed by atoms with Gasteiger partial charge in [-0.25, -0.2) is 4.39 Å². The van der Waals surface area contributed by atoms with Crippen molar-refractivity contribution in [2.45, 2.75) is 19.8 Å². The molecule has 22 heavy (non-hydrogen) atoms. The van der Waals surface area contributed by atoms with E-state index in [2.05, 4.69) is 15.1 Å². The van der Waals surface area contributed by atoms with Gasteiger partial charge in [0.25, 0.3) is 5.56 Å². The zero-order chi connectivity index (χ0) is 15.9. The molecule has 3 rings (SSSR count). The number of fused-ring (bicyclic) bond motifs is 1. The van der Waals surface area contributed by atoms with Gasteiger partial charge in [0.2, 0.25) is 0 Å². The smallest absolute Gasteiger partial charge is 0.278 e. The maximum absolute atomic E-state index is 13.5. The van der Waals surface area contributed by atoms with E-state index >= 15 is 0 Å². The Hall–Kier alpha value is -3.01. The average molecular weight is 297 g/mol. The Morgan fingerprint density at radius 3 is 2.77 bits per heavy atom. The van der Waals surface area contributed by atoms with E-state index in [1.54, 1.807) is 0 Å². The normalized spacial score (nSPS) is 11.0. The van der Waals surface area contributed by atoms with E-state index in [0.717, 1.165) is 10.7 Å². The first-order chi connectivity index (χ1) is 10.5. The fraction of sp³-hybridized carbons (Fsp3) is 0.200. The molecule has 0 fully saturated rings. The van der Waals surface area contributed by atoms with Crippen LogP contribution in [0.15, 0.2) is 29.5 Å². The largest absolute Gasteiger partial charge is 0.338 e. The Balaban J connectivity index is 2.44. The van der Waals surface area contributed by atoms with Gasteiger partial charge in [0.15, 0.2) is 5.65 Å². The highest BCUT2D eigenvalue weighted by Crippen LogP contribution is 2.25. The van der Waals surface area contributed by atoms with E-state index in [-0.39, 0.29) is 22.7 Å². The molecule has 3 aromatic rings. The van der Waals surface area contributed by atoms with Crippen molar-refractivity contribution in [2.24, 2.45) is 0 Å². The van der Waals surface area contributed by atoms with Gasteiger partial charge in [0.05, 0.1) is 18.1 Å². The summed E-state index contributed by atoms with van der Waals surface area (Å²) in [6.07, 6.45) is 3.89. The molecule has 0 atom stereocenters. The van der Waals surface area contributed by atoms with Crippen molar-refractivity contribution in [1.29, 1.82) is 5.26 Å². The van der Waals surface area contributed by atoms with Crippen LogP contribution in [0.4, 0.5) is 4.39 Å². The summed E-state index contributed by atoms with van der Waals surface area (Å²) in [5.41, 5.74) is 1.58. The maximum Gasteiger partial charge on any atom is 0.278 e. The number of halogens is 1. The molecule has 0 aliphatic heterocycles. The fourth-order valence-corrected chi connectivity index (χ4v) is 2.42. The van der Waals surface area contributed by atoms with Crippen molar-refractivity contribution in [1.82, 2.24) is 19.6 Å². The standard InChI is InChI=1S/C15H12FN5O/c1-8(2)12-13(9-3-11(16)7-18-5-9)20-14-10(4-17)6-19-21(14)15(12)22/h3,5-8,20H,1-2H3. The fourth-order valence-electron chi connectivity index (χ4n) is 2.42. The Labute approximate surface area is 124 Å². The minimum absolute atomic E-state index is 0.110. The van der Waals surface area contributed by atoms with Crippen molar-refractivity contribution in [2.75, 3.05) is 0 Å². The van der Waals surface area contributed by atoms with Gasteiger partial charge in [0.1, 0.15) is 17.4 Å². The van der Waals surface area contributed by atoms with E-state index < -0.39 is 5.82 Å². The van der Waals surface area contributed by atoms with Gasteiger partial charge in [-0.2, -0.15) is 14.9 Å². The summed E-state index contributed by atoms with van der Waals surface area (Å²) in [6, 6.07) is 3.27. The Morgan fingerprint density at radius 2 is 2.14 bits per heavy atom. The number of nitrogens with one attached hydrogen (secondary N) is 1. The first-order valence-electron chi connectivity index (χ1n) is 6.68. The number of hydrogen-bond acceptors (Lipinski definition) is 4. The third kappa shape index (κ3) is 2.05. The predicted octanol–water partition coefficient (Wildman–Crippen LogP) is 2.22. The van der Waals surface area contributed by atoms with Gasteiger partial charge in [0, 0.05) is 17.3 Å². The molecule has 0 saturated carbocycles. The lowest BCUT2D eigenvalue weighted by atomic mass is 9.99. The van der Waals surface area contributed by atoms with E-state index in [9.17, 15) is 9.18 Å². The summed E-state index contributed by atoms with van der Waals surface area (Å²) < 4.78 is 14.6. The molecular weight excluding hydrogens is 285 g/mol. The van der Waals surface area contributed by atoms with Crippen molar-refractivity contribution in [3.63, 3.8) is 0 Å². The molecule has 0 aromatic carbocycles. The minimum Gasteiger partial charge on any atom is -0.338 e. The lowest BCUT2D eigenvalue weighted by Crippen LogP contribution is -2.22. The number of rotatable bonds is 2. The third-order valence-electron chi connectivity index (χ3n) is 3.40. The molecule has 0 radical (unpaired) electrons. The zero-order valence-electron chi connectivity index (χ0n) is 12.0. The SMILES string of the molecule is CC(C)c1c(-c2cncc(F)c2)[nH]c2c(C#N)cnn2c1=O. The van der Waals surface area contributed by atoms with Crippen LogP contribution in [0.1, 0.15) is 30.9 Å². The van der Waals surface area contributed by atoms with E-state index in [1.165, 1.54) is 18.5 Å². The van der Waals surface area contributed by atoms with Crippen molar-refractivity contribution in [3.05, 3.63) is 52.0 Å². The molecule has 110 valence electrons. The molecule has 6 nitrogen and oxygen atoms in total. The number of aromatic amines is 1. The van der Waals surface area contributed by atoms with Crippen LogP contribution >= 0.6 is 0 Å². The summed E-state index contributed by atoms with van der Waals surface area (Å²) in [5.74, 6) is -0.608.